The van der Waals surface area contributed by atoms with Gasteiger partial charge in [0.15, 0.2) is 0 Å². The molecule has 3 N–H and O–H groups in total. The van der Waals surface area contributed by atoms with Crippen LogP contribution in [0.15, 0.2) is 59.1 Å². The highest BCUT2D eigenvalue weighted by atomic mass is 79.9. The van der Waals surface area contributed by atoms with Gasteiger partial charge < -0.3 is 11.1 Å². The first kappa shape index (κ1) is 14.6. The lowest BCUT2D eigenvalue weighted by Crippen LogP contribution is -2.14. The second-order valence-electron chi connectivity index (χ2n) is 5.18. The average Bonchev–Trinajstić information content (AvgIpc) is 2.50. The first-order chi connectivity index (χ1) is 10.6. The first-order valence-corrected chi connectivity index (χ1v) is 7.70. The summed E-state index contributed by atoms with van der Waals surface area (Å²) >= 11 is 3.45. The van der Waals surface area contributed by atoms with Crippen molar-refractivity contribution in [3.05, 3.63) is 70.2 Å². The molecule has 0 aliphatic rings. The summed E-state index contributed by atoms with van der Waals surface area (Å²) in [4.78, 5) is 12.7. The van der Waals surface area contributed by atoms with Crippen LogP contribution in [0.25, 0.3) is 10.8 Å². The summed E-state index contributed by atoms with van der Waals surface area (Å²) in [6, 6.07) is 17.2. The van der Waals surface area contributed by atoms with E-state index in [9.17, 15) is 4.79 Å². The number of benzene rings is 3. The van der Waals surface area contributed by atoms with Crippen LogP contribution in [0.1, 0.15) is 15.9 Å². The van der Waals surface area contributed by atoms with Crippen molar-refractivity contribution in [1.82, 2.24) is 0 Å². The van der Waals surface area contributed by atoms with E-state index in [4.69, 9.17) is 5.73 Å². The molecule has 3 rings (SSSR count). The summed E-state index contributed by atoms with van der Waals surface area (Å²) in [5.41, 5.74) is 8.78. The standard InChI is InChI=1S/C18H15BrN2O/c1-11-9-13(20)10-16(19)17(11)21-18(22)15-8-4-6-12-5-2-3-7-14(12)15/h2-10H,20H2,1H3,(H,21,22). The van der Waals surface area contributed by atoms with E-state index in [1.807, 2.05) is 55.5 Å². The highest BCUT2D eigenvalue weighted by Crippen LogP contribution is 2.30. The van der Waals surface area contributed by atoms with Gasteiger partial charge in [-0.05, 0) is 57.4 Å². The lowest BCUT2D eigenvalue weighted by molar-refractivity contribution is 0.102. The maximum Gasteiger partial charge on any atom is 0.256 e. The quantitative estimate of drug-likeness (QED) is 0.652. The maximum atomic E-state index is 12.7. The highest BCUT2D eigenvalue weighted by molar-refractivity contribution is 9.10. The van der Waals surface area contributed by atoms with E-state index in [2.05, 4.69) is 21.2 Å². The normalized spacial score (nSPS) is 10.6. The number of carbonyl (C=O) groups is 1. The molecule has 0 heterocycles. The van der Waals surface area contributed by atoms with Crippen molar-refractivity contribution >= 4 is 44.0 Å². The maximum absolute atomic E-state index is 12.7. The summed E-state index contributed by atoms with van der Waals surface area (Å²) in [5.74, 6) is -0.134. The number of amides is 1. The van der Waals surface area contributed by atoms with Crippen LogP contribution in [-0.2, 0) is 0 Å². The number of nitrogens with two attached hydrogens (primary N) is 1. The highest BCUT2D eigenvalue weighted by Gasteiger charge is 2.13. The summed E-state index contributed by atoms with van der Waals surface area (Å²) in [6.45, 7) is 1.92. The summed E-state index contributed by atoms with van der Waals surface area (Å²) in [7, 11) is 0. The summed E-state index contributed by atoms with van der Waals surface area (Å²) < 4.78 is 0.776. The summed E-state index contributed by atoms with van der Waals surface area (Å²) in [5, 5.41) is 4.95. The Morgan fingerprint density at radius 2 is 1.82 bits per heavy atom. The lowest BCUT2D eigenvalue weighted by atomic mass is 10.0. The van der Waals surface area contributed by atoms with Gasteiger partial charge in [0, 0.05) is 15.7 Å². The number of nitrogens with one attached hydrogen (secondary N) is 1. The fourth-order valence-electron chi connectivity index (χ4n) is 2.53. The molecule has 0 aliphatic heterocycles. The van der Waals surface area contributed by atoms with E-state index in [1.54, 1.807) is 6.07 Å². The van der Waals surface area contributed by atoms with E-state index in [1.165, 1.54) is 0 Å². The predicted octanol–water partition coefficient (Wildman–Crippen LogP) is 4.75. The fraction of sp³-hybridized carbons (Fsp3) is 0.0556. The number of rotatable bonds is 2. The van der Waals surface area contributed by atoms with Gasteiger partial charge in [-0.25, -0.2) is 0 Å². The van der Waals surface area contributed by atoms with Crippen LogP contribution in [-0.4, -0.2) is 5.91 Å². The van der Waals surface area contributed by atoms with Crippen molar-refractivity contribution in [2.24, 2.45) is 0 Å². The predicted molar refractivity (Wildman–Crippen MR) is 95.2 cm³/mol. The molecule has 1 amide bonds. The Morgan fingerprint density at radius 3 is 2.59 bits per heavy atom. The molecule has 110 valence electrons. The molecule has 0 aromatic heterocycles. The monoisotopic (exact) mass is 354 g/mol. The minimum absolute atomic E-state index is 0.134. The van der Waals surface area contributed by atoms with Crippen LogP contribution >= 0.6 is 15.9 Å². The van der Waals surface area contributed by atoms with Crippen LogP contribution in [0, 0.1) is 6.92 Å². The van der Waals surface area contributed by atoms with Gasteiger partial charge in [-0.1, -0.05) is 36.4 Å². The Hall–Kier alpha value is -2.33. The van der Waals surface area contributed by atoms with Gasteiger partial charge >= 0.3 is 0 Å². The van der Waals surface area contributed by atoms with Crippen LogP contribution < -0.4 is 11.1 Å². The van der Waals surface area contributed by atoms with Crippen molar-refractivity contribution < 1.29 is 4.79 Å². The van der Waals surface area contributed by atoms with Crippen molar-refractivity contribution in [3.8, 4) is 0 Å². The zero-order valence-electron chi connectivity index (χ0n) is 12.1. The first-order valence-electron chi connectivity index (χ1n) is 6.91. The van der Waals surface area contributed by atoms with Crippen molar-refractivity contribution in [2.75, 3.05) is 11.1 Å². The zero-order valence-corrected chi connectivity index (χ0v) is 13.6. The molecule has 0 aliphatic carbocycles. The molecule has 0 radical (unpaired) electrons. The van der Waals surface area contributed by atoms with Crippen molar-refractivity contribution in [3.63, 3.8) is 0 Å². The third-order valence-electron chi connectivity index (χ3n) is 3.58. The van der Waals surface area contributed by atoms with Gasteiger partial charge in [-0.3, -0.25) is 4.79 Å². The van der Waals surface area contributed by atoms with Crippen LogP contribution in [0.4, 0.5) is 11.4 Å². The van der Waals surface area contributed by atoms with Gasteiger partial charge in [0.2, 0.25) is 0 Å². The van der Waals surface area contributed by atoms with Gasteiger partial charge in [0.25, 0.3) is 5.91 Å². The Balaban J connectivity index is 2.01. The molecule has 0 spiro atoms. The smallest absolute Gasteiger partial charge is 0.256 e. The fourth-order valence-corrected chi connectivity index (χ4v) is 3.21. The van der Waals surface area contributed by atoms with E-state index in [0.29, 0.717) is 11.3 Å². The number of anilines is 2. The third-order valence-corrected chi connectivity index (χ3v) is 4.21. The third kappa shape index (κ3) is 2.70. The molecule has 0 atom stereocenters. The number of halogens is 1. The van der Waals surface area contributed by atoms with Crippen molar-refractivity contribution in [2.45, 2.75) is 6.92 Å². The number of nitrogen functional groups attached to an aromatic ring is 1. The van der Waals surface area contributed by atoms with Gasteiger partial charge in [0.05, 0.1) is 5.69 Å². The number of carbonyl (C=O) groups excluding carboxylic acids is 1. The van der Waals surface area contributed by atoms with Crippen LogP contribution in [0.5, 0.6) is 0 Å². The molecule has 0 bridgehead atoms. The number of hydrogen-bond donors (Lipinski definition) is 2. The lowest BCUT2D eigenvalue weighted by Gasteiger charge is -2.13. The zero-order chi connectivity index (χ0) is 15.7. The molecule has 4 heteroatoms. The number of hydrogen-bond acceptors (Lipinski definition) is 2. The molecular formula is C18H15BrN2O. The van der Waals surface area contributed by atoms with Gasteiger partial charge in [0.1, 0.15) is 0 Å². The molecule has 0 unspecified atom stereocenters. The molecule has 0 fully saturated rings. The van der Waals surface area contributed by atoms with Gasteiger partial charge in [-0.2, -0.15) is 0 Å². The van der Waals surface area contributed by atoms with Crippen molar-refractivity contribution in [1.29, 1.82) is 0 Å². The molecule has 3 aromatic carbocycles. The largest absolute Gasteiger partial charge is 0.399 e. The molecule has 3 nitrogen and oxygen atoms in total. The number of aryl methyl sites for hydroxylation is 1. The van der Waals surface area contributed by atoms with E-state index < -0.39 is 0 Å². The second kappa shape index (κ2) is 5.81. The van der Waals surface area contributed by atoms with Crippen LogP contribution in [0.2, 0.25) is 0 Å². The van der Waals surface area contributed by atoms with E-state index >= 15 is 0 Å². The molecule has 0 saturated heterocycles. The average molecular weight is 355 g/mol. The Bertz CT molecular complexity index is 846. The summed E-state index contributed by atoms with van der Waals surface area (Å²) in [6.07, 6.45) is 0. The second-order valence-corrected chi connectivity index (χ2v) is 6.03. The van der Waals surface area contributed by atoms with Gasteiger partial charge in [-0.15, -0.1) is 0 Å². The SMILES string of the molecule is Cc1cc(N)cc(Br)c1NC(=O)c1cccc2ccccc12. The molecule has 0 saturated carbocycles. The van der Waals surface area contributed by atoms with E-state index in [0.717, 1.165) is 26.5 Å². The minimum Gasteiger partial charge on any atom is -0.399 e. The molecular weight excluding hydrogens is 340 g/mol. The topological polar surface area (TPSA) is 55.1 Å². The Labute approximate surface area is 137 Å². The Kier molecular flexibility index (Phi) is 3.86. The molecule has 3 aromatic rings. The van der Waals surface area contributed by atoms with Crippen LogP contribution in [0.3, 0.4) is 0 Å². The minimum atomic E-state index is -0.134. The number of fused-ring (bicyclic) bond motifs is 1. The molecule has 22 heavy (non-hydrogen) atoms. The Morgan fingerprint density at radius 1 is 1.09 bits per heavy atom. The van der Waals surface area contributed by atoms with E-state index in [-0.39, 0.29) is 5.91 Å².